The Morgan fingerprint density at radius 3 is 2.47 bits per heavy atom. The molecule has 0 aliphatic carbocycles. The maximum Gasteiger partial charge on any atom is 0.339 e. The van der Waals surface area contributed by atoms with E-state index >= 15 is 0 Å². The van der Waals surface area contributed by atoms with Gasteiger partial charge < -0.3 is 24.8 Å². The first-order valence-corrected chi connectivity index (χ1v) is 10.1. The monoisotopic (exact) mass is 442 g/mol. The van der Waals surface area contributed by atoms with E-state index in [1.807, 2.05) is 25.1 Å². The Balaban J connectivity index is 1.79. The zero-order chi connectivity index (χ0) is 23.5. The van der Waals surface area contributed by atoms with Crippen LogP contribution in [-0.2, 0) is 23.9 Å². The van der Waals surface area contributed by atoms with Crippen molar-refractivity contribution >= 4 is 34.3 Å². The molecular formula is C23H26N2O7. The summed E-state index contributed by atoms with van der Waals surface area (Å²) in [5.74, 6) is -1.64. The summed E-state index contributed by atoms with van der Waals surface area (Å²) in [7, 11) is 1.50. The summed E-state index contributed by atoms with van der Waals surface area (Å²) in [6.45, 7) is 4.64. The van der Waals surface area contributed by atoms with E-state index in [1.54, 1.807) is 19.1 Å². The van der Waals surface area contributed by atoms with Crippen LogP contribution in [0.3, 0.4) is 0 Å². The number of aryl methyl sites for hydroxylation is 1. The molecule has 0 bridgehead atoms. The summed E-state index contributed by atoms with van der Waals surface area (Å²) in [6.07, 6.45) is -1.26. The Hall–Kier alpha value is -3.46. The topological polar surface area (TPSA) is 123 Å². The third kappa shape index (κ3) is 5.23. The van der Waals surface area contributed by atoms with Crippen LogP contribution in [0.5, 0.6) is 5.75 Å². The molecule has 2 aromatic carbocycles. The van der Waals surface area contributed by atoms with E-state index < -0.39 is 29.5 Å². The van der Waals surface area contributed by atoms with Gasteiger partial charge in [-0.3, -0.25) is 14.4 Å². The Kier molecular flexibility index (Phi) is 6.78. The second-order valence-corrected chi connectivity index (χ2v) is 7.93. The predicted octanol–water partition coefficient (Wildman–Crippen LogP) is 1.29. The van der Waals surface area contributed by atoms with Crippen molar-refractivity contribution in [3.8, 4) is 5.75 Å². The number of methoxy groups -OCH3 is 1. The van der Waals surface area contributed by atoms with Crippen molar-refractivity contribution in [1.29, 1.82) is 0 Å². The molecule has 0 spiro atoms. The van der Waals surface area contributed by atoms with Crippen LogP contribution >= 0.6 is 0 Å². The third-order valence-electron chi connectivity index (χ3n) is 5.22. The molecule has 32 heavy (non-hydrogen) atoms. The number of fused-ring (bicyclic) bond motifs is 1. The van der Waals surface area contributed by atoms with Crippen LogP contribution in [0.2, 0.25) is 0 Å². The highest BCUT2D eigenvalue weighted by Gasteiger charge is 2.53. The molecule has 0 radical (unpaired) electrons. The number of benzene rings is 2. The van der Waals surface area contributed by atoms with Gasteiger partial charge in [-0.2, -0.15) is 0 Å². The summed E-state index contributed by atoms with van der Waals surface area (Å²) in [4.78, 5) is 48.6. The Morgan fingerprint density at radius 1 is 1.12 bits per heavy atom. The van der Waals surface area contributed by atoms with Crippen molar-refractivity contribution in [3.63, 3.8) is 0 Å². The van der Waals surface area contributed by atoms with Crippen LogP contribution in [0.25, 0.3) is 10.8 Å². The highest BCUT2D eigenvalue weighted by Crippen LogP contribution is 2.34. The summed E-state index contributed by atoms with van der Waals surface area (Å²) >= 11 is 0. The summed E-state index contributed by atoms with van der Waals surface area (Å²) in [6, 6.07) is 8.93. The first kappa shape index (κ1) is 23.2. The highest BCUT2D eigenvalue weighted by atomic mass is 16.6. The minimum absolute atomic E-state index is 0.129. The standard InChI is InChI=1S/C23H26N2O7/c1-13-6-5-7-16-17(13)8-15(30-4)9-18(16)22(29)32-20(23(3)12-31-23)21(28)25-11-19(27)24-10-14(2)26/h5-9,20H,10-12H2,1-4H3,(H,24,27)(H,25,28)/t20-,23-/m1/s1. The van der Waals surface area contributed by atoms with E-state index in [2.05, 4.69) is 10.6 Å². The van der Waals surface area contributed by atoms with Crippen LogP contribution in [0.1, 0.15) is 29.8 Å². The summed E-state index contributed by atoms with van der Waals surface area (Å²) < 4.78 is 16.3. The number of hydrogen-bond acceptors (Lipinski definition) is 7. The number of ether oxygens (including phenoxy) is 3. The molecule has 2 atom stereocenters. The van der Waals surface area contributed by atoms with Gasteiger partial charge >= 0.3 is 5.97 Å². The van der Waals surface area contributed by atoms with E-state index in [1.165, 1.54) is 14.0 Å². The van der Waals surface area contributed by atoms with Gasteiger partial charge in [-0.25, -0.2) is 4.79 Å². The van der Waals surface area contributed by atoms with Gasteiger partial charge in [-0.1, -0.05) is 18.2 Å². The molecule has 9 heteroatoms. The molecule has 2 amide bonds. The lowest BCUT2D eigenvalue weighted by atomic mass is 10.00. The van der Waals surface area contributed by atoms with Gasteiger partial charge in [0, 0.05) is 0 Å². The maximum absolute atomic E-state index is 13.1. The normalized spacial score (nSPS) is 17.9. The lowest BCUT2D eigenvalue weighted by Gasteiger charge is -2.21. The number of epoxide rings is 1. The number of ketones is 1. The number of amides is 2. The molecule has 0 aromatic heterocycles. The van der Waals surface area contributed by atoms with Crippen LogP contribution in [0, 0.1) is 6.92 Å². The molecular weight excluding hydrogens is 416 g/mol. The van der Waals surface area contributed by atoms with E-state index in [4.69, 9.17) is 14.2 Å². The maximum atomic E-state index is 13.1. The first-order valence-electron chi connectivity index (χ1n) is 10.1. The molecule has 1 aliphatic heterocycles. The van der Waals surface area contributed by atoms with E-state index in [-0.39, 0.29) is 31.0 Å². The van der Waals surface area contributed by atoms with Crippen LogP contribution in [-0.4, -0.2) is 62.1 Å². The van der Waals surface area contributed by atoms with Gasteiger partial charge in [-0.05, 0) is 49.2 Å². The number of esters is 1. The Bertz CT molecular complexity index is 1080. The minimum Gasteiger partial charge on any atom is -0.497 e. The zero-order valence-electron chi connectivity index (χ0n) is 18.4. The fraction of sp³-hybridized carbons (Fsp3) is 0.391. The number of carbonyl (C=O) groups is 4. The fourth-order valence-electron chi connectivity index (χ4n) is 3.23. The van der Waals surface area contributed by atoms with E-state index in [0.29, 0.717) is 11.1 Å². The number of hydrogen-bond donors (Lipinski definition) is 2. The summed E-state index contributed by atoms with van der Waals surface area (Å²) in [5.41, 5.74) is 0.225. The van der Waals surface area contributed by atoms with Crippen LogP contribution in [0.4, 0.5) is 0 Å². The van der Waals surface area contributed by atoms with Gasteiger partial charge in [0.1, 0.15) is 17.1 Å². The molecule has 1 saturated heterocycles. The first-order chi connectivity index (χ1) is 15.1. The number of Topliss-reactive ketones (excluding diaryl/α,β-unsaturated/α-hetero) is 1. The second-order valence-electron chi connectivity index (χ2n) is 7.93. The highest BCUT2D eigenvalue weighted by molar-refractivity contribution is 6.07. The molecule has 9 nitrogen and oxygen atoms in total. The van der Waals surface area contributed by atoms with Crippen molar-refractivity contribution < 1.29 is 33.4 Å². The number of carbonyl (C=O) groups excluding carboxylic acids is 4. The van der Waals surface area contributed by atoms with Gasteiger partial charge in [0.25, 0.3) is 5.91 Å². The second kappa shape index (κ2) is 9.35. The average Bonchev–Trinajstić information content (AvgIpc) is 3.51. The van der Waals surface area contributed by atoms with Crippen molar-refractivity contribution in [2.45, 2.75) is 32.5 Å². The molecule has 2 aromatic rings. The molecule has 1 aliphatic rings. The zero-order valence-corrected chi connectivity index (χ0v) is 18.4. The van der Waals surface area contributed by atoms with Gasteiger partial charge in [0.05, 0.1) is 32.4 Å². The van der Waals surface area contributed by atoms with Gasteiger partial charge in [-0.15, -0.1) is 0 Å². The largest absolute Gasteiger partial charge is 0.497 e. The van der Waals surface area contributed by atoms with Gasteiger partial charge in [0.15, 0.2) is 0 Å². The molecule has 1 heterocycles. The number of nitrogens with one attached hydrogen (secondary N) is 2. The lowest BCUT2D eigenvalue weighted by molar-refractivity contribution is -0.135. The third-order valence-corrected chi connectivity index (χ3v) is 5.22. The minimum atomic E-state index is -1.26. The molecule has 170 valence electrons. The summed E-state index contributed by atoms with van der Waals surface area (Å²) in [5, 5.41) is 6.31. The Labute approximate surface area is 185 Å². The van der Waals surface area contributed by atoms with Crippen molar-refractivity contribution in [2.75, 3.05) is 26.8 Å². The smallest absolute Gasteiger partial charge is 0.339 e. The molecule has 0 saturated carbocycles. The van der Waals surface area contributed by atoms with Crippen molar-refractivity contribution in [2.24, 2.45) is 0 Å². The van der Waals surface area contributed by atoms with E-state index in [0.717, 1.165) is 10.9 Å². The van der Waals surface area contributed by atoms with Gasteiger partial charge in [0.2, 0.25) is 12.0 Å². The molecule has 2 N–H and O–H groups in total. The van der Waals surface area contributed by atoms with Crippen LogP contribution in [0.15, 0.2) is 30.3 Å². The lowest BCUT2D eigenvalue weighted by Crippen LogP contribution is -2.49. The quantitative estimate of drug-likeness (QED) is 0.443. The molecule has 3 rings (SSSR count). The van der Waals surface area contributed by atoms with Crippen molar-refractivity contribution in [1.82, 2.24) is 10.6 Å². The number of rotatable bonds is 9. The Morgan fingerprint density at radius 2 is 1.84 bits per heavy atom. The van der Waals surface area contributed by atoms with Crippen LogP contribution < -0.4 is 15.4 Å². The predicted molar refractivity (Wildman–Crippen MR) is 115 cm³/mol. The SMILES string of the molecule is COc1cc(C(=O)O[C@H](C(=O)NCC(=O)NCC(C)=O)[C@@]2(C)CO2)c2cccc(C)c2c1. The fourth-order valence-corrected chi connectivity index (χ4v) is 3.23. The van der Waals surface area contributed by atoms with Crippen molar-refractivity contribution in [3.05, 3.63) is 41.5 Å². The average molecular weight is 442 g/mol. The van der Waals surface area contributed by atoms with E-state index in [9.17, 15) is 19.2 Å². The molecule has 1 fully saturated rings. The molecule has 0 unspecified atom stereocenters.